The molecule has 0 fully saturated rings. The van der Waals surface area contributed by atoms with Crippen LogP contribution in [0.5, 0.6) is 0 Å². The Morgan fingerprint density at radius 3 is 2.00 bits per heavy atom. The normalized spacial score (nSPS) is 11.1. The minimum Gasteiger partial charge on any atom is -0.258 e. The summed E-state index contributed by atoms with van der Waals surface area (Å²) < 4.78 is 17.2. The van der Waals surface area contributed by atoms with Crippen molar-refractivity contribution in [1.82, 2.24) is 9.78 Å². The minimum atomic E-state index is -0.374. The van der Waals surface area contributed by atoms with Gasteiger partial charge in [0.05, 0.1) is 17.3 Å². The highest BCUT2D eigenvalue weighted by atomic mass is 79.9. The average molecular weight is 555 g/mol. The summed E-state index contributed by atoms with van der Waals surface area (Å²) in [6.07, 6.45) is 0. The summed E-state index contributed by atoms with van der Waals surface area (Å²) in [6.45, 7) is 0.362. The van der Waals surface area contributed by atoms with Gasteiger partial charge >= 0.3 is 0 Å². The van der Waals surface area contributed by atoms with E-state index in [1.165, 1.54) is 12.1 Å². The van der Waals surface area contributed by atoms with Crippen LogP contribution in [0.1, 0.15) is 5.56 Å². The molecule has 0 amide bonds. The van der Waals surface area contributed by atoms with E-state index in [0.717, 1.165) is 31.3 Å². The summed E-state index contributed by atoms with van der Waals surface area (Å²) >= 11 is 20.0. The van der Waals surface area contributed by atoms with E-state index in [0.29, 0.717) is 22.3 Å². The fraction of sp³-hybridized carbons (Fsp3) is 0.0455. The highest BCUT2D eigenvalue weighted by Crippen LogP contribution is 2.38. The Morgan fingerprint density at radius 1 is 0.828 bits per heavy atom. The summed E-state index contributed by atoms with van der Waals surface area (Å²) in [5.41, 5.74) is 4.04. The number of nitrogens with zero attached hydrogens (tertiary/aromatic N) is 2. The molecule has 0 spiro atoms. The van der Waals surface area contributed by atoms with Crippen molar-refractivity contribution in [3.8, 4) is 22.5 Å². The van der Waals surface area contributed by atoms with Crippen LogP contribution in [0, 0.1) is 5.82 Å². The molecule has 4 rings (SSSR count). The topological polar surface area (TPSA) is 17.8 Å². The van der Waals surface area contributed by atoms with Crippen LogP contribution in [0.4, 0.5) is 4.39 Å². The van der Waals surface area contributed by atoms with Gasteiger partial charge in [-0.1, -0.05) is 85.4 Å². The van der Waals surface area contributed by atoms with Crippen molar-refractivity contribution in [2.24, 2.45) is 0 Å². The Labute approximate surface area is 194 Å². The molecule has 0 aliphatic heterocycles. The molecule has 0 unspecified atom stereocenters. The summed E-state index contributed by atoms with van der Waals surface area (Å²) in [7, 11) is 0. The van der Waals surface area contributed by atoms with Gasteiger partial charge in [0, 0.05) is 25.1 Å². The molecule has 1 aromatic heterocycles. The first-order valence-electron chi connectivity index (χ1n) is 8.64. The third-order valence-electron chi connectivity index (χ3n) is 4.47. The lowest BCUT2D eigenvalue weighted by molar-refractivity contribution is 0.625. The highest BCUT2D eigenvalue weighted by molar-refractivity contribution is 9.10. The molecular weight excluding hydrogens is 542 g/mol. The van der Waals surface area contributed by atoms with E-state index in [1.807, 2.05) is 53.2 Å². The standard InChI is InChI=1S/C22H13Br2Cl2FN2/c23-16-6-1-13(2-7-16)21-20(26)22(14-3-8-17(24)9-4-14)29(28-21)12-15-5-10-18(27)11-19(15)25/h1-11H,12H2. The Bertz CT molecular complexity index is 1170. The molecule has 0 bridgehead atoms. The average Bonchev–Trinajstić information content (AvgIpc) is 3.01. The van der Waals surface area contributed by atoms with Gasteiger partial charge in [-0.25, -0.2) is 4.39 Å². The van der Waals surface area contributed by atoms with E-state index in [9.17, 15) is 4.39 Å². The zero-order valence-electron chi connectivity index (χ0n) is 14.8. The second-order valence-electron chi connectivity index (χ2n) is 6.42. The maximum atomic E-state index is 13.5. The zero-order chi connectivity index (χ0) is 20.5. The summed E-state index contributed by atoms with van der Waals surface area (Å²) in [5.74, 6) is -0.374. The molecule has 0 aliphatic carbocycles. The van der Waals surface area contributed by atoms with Crippen molar-refractivity contribution in [2.45, 2.75) is 6.54 Å². The fourth-order valence-electron chi connectivity index (χ4n) is 3.04. The number of aromatic nitrogens is 2. The van der Waals surface area contributed by atoms with Crippen LogP contribution in [0.2, 0.25) is 10.0 Å². The Kier molecular flexibility index (Phi) is 6.11. The molecule has 0 radical (unpaired) electrons. The first-order chi connectivity index (χ1) is 13.9. The SMILES string of the molecule is Fc1ccc(Cn2nc(-c3ccc(Br)cc3)c(Cl)c2-c2ccc(Br)cc2)c(Cl)c1. The van der Waals surface area contributed by atoms with Gasteiger partial charge in [0.25, 0.3) is 0 Å². The van der Waals surface area contributed by atoms with E-state index in [-0.39, 0.29) is 5.82 Å². The van der Waals surface area contributed by atoms with Gasteiger partial charge in [-0.05, 0) is 42.0 Å². The van der Waals surface area contributed by atoms with Crippen LogP contribution in [0.25, 0.3) is 22.5 Å². The molecular formula is C22H13Br2Cl2FN2. The van der Waals surface area contributed by atoms with Crippen LogP contribution in [0.3, 0.4) is 0 Å². The van der Waals surface area contributed by atoms with Crippen LogP contribution >= 0.6 is 55.1 Å². The van der Waals surface area contributed by atoms with Crippen LogP contribution in [0.15, 0.2) is 75.7 Å². The first kappa shape index (κ1) is 20.6. The predicted octanol–water partition coefficient (Wildman–Crippen LogP) is 8.24. The predicted molar refractivity (Wildman–Crippen MR) is 124 cm³/mol. The second kappa shape index (κ2) is 8.60. The van der Waals surface area contributed by atoms with Crippen LogP contribution in [-0.4, -0.2) is 9.78 Å². The molecule has 29 heavy (non-hydrogen) atoms. The van der Waals surface area contributed by atoms with Gasteiger partial charge in [-0.3, -0.25) is 4.68 Å². The van der Waals surface area contributed by atoms with E-state index in [1.54, 1.807) is 6.07 Å². The number of benzene rings is 3. The Morgan fingerprint density at radius 2 is 1.41 bits per heavy atom. The van der Waals surface area contributed by atoms with Crippen LogP contribution in [-0.2, 0) is 6.54 Å². The molecule has 7 heteroatoms. The third kappa shape index (κ3) is 4.43. The van der Waals surface area contributed by atoms with Crippen molar-refractivity contribution in [3.05, 3.63) is 97.1 Å². The molecule has 3 aromatic carbocycles. The lowest BCUT2D eigenvalue weighted by atomic mass is 10.1. The molecule has 146 valence electrons. The number of halogens is 5. The molecule has 1 heterocycles. The number of rotatable bonds is 4. The van der Waals surface area contributed by atoms with E-state index < -0.39 is 0 Å². The van der Waals surface area contributed by atoms with Crippen LogP contribution < -0.4 is 0 Å². The Hall–Kier alpha value is -1.66. The third-order valence-corrected chi connectivity index (χ3v) is 6.23. The van der Waals surface area contributed by atoms with Crippen molar-refractivity contribution in [1.29, 1.82) is 0 Å². The first-order valence-corrected chi connectivity index (χ1v) is 11.0. The highest BCUT2D eigenvalue weighted by Gasteiger charge is 2.20. The molecule has 0 saturated heterocycles. The molecule has 0 N–H and O–H groups in total. The van der Waals surface area contributed by atoms with Gasteiger partial charge < -0.3 is 0 Å². The van der Waals surface area contributed by atoms with Gasteiger partial charge in [-0.2, -0.15) is 5.10 Å². The quantitative estimate of drug-likeness (QED) is 0.248. The maximum absolute atomic E-state index is 13.5. The number of hydrogen-bond acceptors (Lipinski definition) is 1. The van der Waals surface area contributed by atoms with Crippen molar-refractivity contribution >= 4 is 55.1 Å². The minimum absolute atomic E-state index is 0.351. The molecule has 0 saturated carbocycles. The lowest BCUT2D eigenvalue weighted by Crippen LogP contribution is -2.05. The smallest absolute Gasteiger partial charge is 0.124 e. The fourth-order valence-corrected chi connectivity index (χ4v) is 4.15. The van der Waals surface area contributed by atoms with E-state index >= 15 is 0 Å². The second-order valence-corrected chi connectivity index (χ2v) is 9.03. The zero-order valence-corrected chi connectivity index (χ0v) is 19.5. The number of hydrogen-bond donors (Lipinski definition) is 0. The van der Waals surface area contributed by atoms with Gasteiger partial charge in [0.1, 0.15) is 11.5 Å². The summed E-state index contributed by atoms with van der Waals surface area (Å²) in [4.78, 5) is 0. The van der Waals surface area contributed by atoms with E-state index in [2.05, 4.69) is 31.9 Å². The molecule has 0 aliphatic rings. The lowest BCUT2D eigenvalue weighted by Gasteiger charge is -2.10. The molecule has 0 atom stereocenters. The summed E-state index contributed by atoms with van der Waals surface area (Å²) in [6, 6.07) is 20.0. The van der Waals surface area contributed by atoms with Gasteiger partial charge in [0.15, 0.2) is 0 Å². The molecule has 2 nitrogen and oxygen atoms in total. The van der Waals surface area contributed by atoms with Gasteiger partial charge in [-0.15, -0.1) is 0 Å². The Balaban J connectivity index is 1.86. The monoisotopic (exact) mass is 552 g/mol. The van der Waals surface area contributed by atoms with Crippen molar-refractivity contribution in [2.75, 3.05) is 0 Å². The summed E-state index contributed by atoms with van der Waals surface area (Å²) in [5, 5.41) is 5.67. The van der Waals surface area contributed by atoms with Gasteiger partial charge in [0.2, 0.25) is 0 Å². The van der Waals surface area contributed by atoms with Crippen molar-refractivity contribution < 1.29 is 4.39 Å². The molecule has 4 aromatic rings. The van der Waals surface area contributed by atoms with E-state index in [4.69, 9.17) is 28.3 Å². The largest absolute Gasteiger partial charge is 0.258 e. The van der Waals surface area contributed by atoms with Crippen molar-refractivity contribution in [3.63, 3.8) is 0 Å². The maximum Gasteiger partial charge on any atom is 0.124 e.